The molecular formula is C19H32N6OS. The number of carbonyl (C=O) groups is 1. The molecule has 0 radical (unpaired) electrons. The van der Waals surface area contributed by atoms with Gasteiger partial charge in [0.25, 0.3) is 0 Å². The highest BCUT2D eigenvalue weighted by Gasteiger charge is 2.36. The average molecular weight is 393 g/mol. The fourth-order valence-electron chi connectivity index (χ4n) is 3.76. The molecule has 0 aromatic carbocycles. The molecule has 3 fully saturated rings. The minimum atomic E-state index is -0.172. The molecule has 0 spiro atoms. The highest BCUT2D eigenvalue weighted by molar-refractivity contribution is 7.71. The van der Waals surface area contributed by atoms with Crippen molar-refractivity contribution in [3.63, 3.8) is 0 Å². The van der Waals surface area contributed by atoms with Crippen LogP contribution in [0, 0.1) is 4.77 Å². The van der Waals surface area contributed by atoms with Crippen LogP contribution in [0.2, 0.25) is 0 Å². The molecule has 2 heterocycles. The minimum Gasteiger partial charge on any atom is -0.350 e. The fourth-order valence-corrected chi connectivity index (χ4v) is 4.11. The van der Waals surface area contributed by atoms with E-state index in [4.69, 9.17) is 17.3 Å². The second kappa shape index (κ2) is 7.29. The van der Waals surface area contributed by atoms with Gasteiger partial charge in [-0.05, 0) is 58.7 Å². The van der Waals surface area contributed by atoms with Gasteiger partial charge in [-0.25, -0.2) is 4.68 Å². The molecule has 1 N–H and O–H groups in total. The molecule has 1 saturated heterocycles. The van der Waals surface area contributed by atoms with Crippen LogP contribution in [0.15, 0.2) is 0 Å². The standard InChI is InChI=1S/C19H32N6OS/c1-19(2,3)20-16(26)12-22-8-10-23(11-9-22)13-24-18(27)25(15-6-7-15)17(21-24)14-4-5-14/h14-15H,4-13H2,1-3H3,(H,20,26). The molecule has 1 aliphatic heterocycles. The molecule has 1 aromatic heterocycles. The van der Waals surface area contributed by atoms with Gasteiger partial charge in [0.1, 0.15) is 5.82 Å². The van der Waals surface area contributed by atoms with Crippen molar-refractivity contribution in [3.05, 3.63) is 10.6 Å². The Balaban J connectivity index is 1.31. The first-order valence-corrected chi connectivity index (χ1v) is 10.7. The Kier molecular flexibility index (Phi) is 5.16. The average Bonchev–Trinajstić information content (AvgIpc) is 3.47. The molecule has 0 bridgehead atoms. The van der Waals surface area contributed by atoms with Gasteiger partial charge in [-0.1, -0.05) is 0 Å². The summed E-state index contributed by atoms with van der Waals surface area (Å²) >= 11 is 5.75. The Morgan fingerprint density at radius 3 is 2.30 bits per heavy atom. The molecular weight excluding hydrogens is 360 g/mol. The first kappa shape index (κ1) is 19.1. The van der Waals surface area contributed by atoms with Crippen LogP contribution in [0.25, 0.3) is 0 Å². The van der Waals surface area contributed by atoms with Gasteiger partial charge in [-0.3, -0.25) is 14.6 Å². The molecule has 0 unspecified atom stereocenters. The molecule has 27 heavy (non-hydrogen) atoms. The zero-order valence-corrected chi connectivity index (χ0v) is 17.6. The quantitative estimate of drug-likeness (QED) is 0.752. The lowest BCUT2D eigenvalue weighted by molar-refractivity contribution is -0.124. The number of rotatable bonds is 6. The molecule has 7 nitrogen and oxygen atoms in total. The summed E-state index contributed by atoms with van der Waals surface area (Å²) in [5.74, 6) is 1.96. The number of hydrogen-bond donors (Lipinski definition) is 1. The van der Waals surface area contributed by atoms with Crippen molar-refractivity contribution in [2.75, 3.05) is 32.7 Å². The van der Waals surface area contributed by atoms with Crippen LogP contribution in [0.5, 0.6) is 0 Å². The molecule has 1 amide bonds. The van der Waals surface area contributed by atoms with Crippen LogP contribution in [0.4, 0.5) is 0 Å². The number of amides is 1. The number of carbonyl (C=O) groups excluding carboxylic acids is 1. The SMILES string of the molecule is CC(C)(C)NC(=O)CN1CCN(Cn2nc(C3CC3)n(C3CC3)c2=S)CC1. The van der Waals surface area contributed by atoms with E-state index < -0.39 is 0 Å². The van der Waals surface area contributed by atoms with E-state index in [1.165, 1.54) is 31.5 Å². The lowest BCUT2D eigenvalue weighted by Gasteiger charge is -2.34. The van der Waals surface area contributed by atoms with Gasteiger partial charge in [0.2, 0.25) is 5.91 Å². The van der Waals surface area contributed by atoms with Gasteiger partial charge in [-0.15, -0.1) is 0 Å². The maximum absolute atomic E-state index is 12.1. The van der Waals surface area contributed by atoms with E-state index in [0.29, 0.717) is 18.5 Å². The van der Waals surface area contributed by atoms with E-state index in [1.807, 2.05) is 25.5 Å². The van der Waals surface area contributed by atoms with Gasteiger partial charge in [0, 0.05) is 43.7 Å². The van der Waals surface area contributed by atoms with E-state index in [9.17, 15) is 4.79 Å². The van der Waals surface area contributed by atoms with Crippen LogP contribution < -0.4 is 5.32 Å². The lowest BCUT2D eigenvalue weighted by atomic mass is 10.1. The summed E-state index contributed by atoms with van der Waals surface area (Å²) in [5, 5.41) is 7.93. The van der Waals surface area contributed by atoms with Crippen molar-refractivity contribution in [1.29, 1.82) is 0 Å². The highest BCUT2D eigenvalue weighted by atomic mass is 32.1. The second-order valence-corrected chi connectivity index (χ2v) is 9.71. The molecule has 2 saturated carbocycles. The molecule has 2 aliphatic carbocycles. The van der Waals surface area contributed by atoms with Gasteiger partial charge in [-0.2, -0.15) is 5.10 Å². The zero-order chi connectivity index (χ0) is 19.2. The van der Waals surface area contributed by atoms with Crippen molar-refractivity contribution in [3.8, 4) is 0 Å². The summed E-state index contributed by atoms with van der Waals surface area (Å²) in [5.41, 5.74) is -0.172. The molecule has 3 aliphatic rings. The summed E-state index contributed by atoms with van der Waals surface area (Å²) < 4.78 is 5.26. The molecule has 150 valence electrons. The van der Waals surface area contributed by atoms with E-state index >= 15 is 0 Å². The van der Waals surface area contributed by atoms with Crippen LogP contribution in [0.3, 0.4) is 0 Å². The number of nitrogens with zero attached hydrogens (tertiary/aromatic N) is 5. The van der Waals surface area contributed by atoms with Gasteiger partial charge >= 0.3 is 0 Å². The predicted molar refractivity (Wildman–Crippen MR) is 107 cm³/mol. The summed E-state index contributed by atoms with van der Waals surface area (Å²) in [6.07, 6.45) is 5.01. The number of piperazine rings is 1. The van der Waals surface area contributed by atoms with Crippen LogP contribution >= 0.6 is 12.2 Å². The highest BCUT2D eigenvalue weighted by Crippen LogP contribution is 2.44. The Labute approximate surface area is 166 Å². The fraction of sp³-hybridized carbons (Fsp3) is 0.842. The van der Waals surface area contributed by atoms with Gasteiger partial charge < -0.3 is 9.88 Å². The Hall–Kier alpha value is -1.25. The van der Waals surface area contributed by atoms with Crippen LogP contribution in [0.1, 0.15) is 64.2 Å². The van der Waals surface area contributed by atoms with Crippen molar-refractivity contribution in [1.82, 2.24) is 29.5 Å². The summed E-state index contributed by atoms with van der Waals surface area (Å²) in [6.45, 7) is 11.0. The minimum absolute atomic E-state index is 0.107. The Morgan fingerprint density at radius 1 is 1.11 bits per heavy atom. The first-order chi connectivity index (χ1) is 12.8. The van der Waals surface area contributed by atoms with Crippen molar-refractivity contribution < 1.29 is 4.79 Å². The number of aromatic nitrogens is 3. The summed E-state index contributed by atoms with van der Waals surface area (Å²) in [6, 6.07) is 0.597. The third-order valence-corrected chi connectivity index (χ3v) is 5.84. The van der Waals surface area contributed by atoms with E-state index in [2.05, 4.69) is 19.7 Å². The topological polar surface area (TPSA) is 58.3 Å². The molecule has 8 heteroatoms. The predicted octanol–water partition coefficient (Wildman–Crippen LogP) is 2.12. The largest absolute Gasteiger partial charge is 0.350 e. The lowest BCUT2D eigenvalue weighted by Crippen LogP contribution is -2.51. The van der Waals surface area contributed by atoms with Crippen molar-refractivity contribution >= 4 is 18.1 Å². The smallest absolute Gasteiger partial charge is 0.234 e. The molecule has 1 aromatic rings. The van der Waals surface area contributed by atoms with Gasteiger partial charge in [0.15, 0.2) is 4.77 Å². The Morgan fingerprint density at radius 2 is 1.74 bits per heavy atom. The van der Waals surface area contributed by atoms with E-state index in [-0.39, 0.29) is 11.4 Å². The third-order valence-electron chi connectivity index (χ3n) is 5.43. The third kappa shape index (κ3) is 4.78. The first-order valence-electron chi connectivity index (χ1n) is 10.2. The van der Waals surface area contributed by atoms with E-state index in [1.54, 1.807) is 0 Å². The normalized spacial score (nSPS) is 22.2. The number of nitrogens with one attached hydrogen (secondary N) is 1. The Bertz CT molecular complexity index is 747. The van der Waals surface area contributed by atoms with Crippen LogP contribution in [-0.2, 0) is 11.5 Å². The van der Waals surface area contributed by atoms with Gasteiger partial charge in [0.05, 0.1) is 13.2 Å². The monoisotopic (exact) mass is 392 g/mol. The zero-order valence-electron chi connectivity index (χ0n) is 16.8. The number of hydrogen-bond acceptors (Lipinski definition) is 5. The molecule has 0 atom stereocenters. The summed E-state index contributed by atoms with van der Waals surface area (Å²) in [4.78, 5) is 16.8. The van der Waals surface area contributed by atoms with Crippen molar-refractivity contribution in [2.45, 2.75) is 70.6 Å². The molecule has 4 rings (SSSR count). The van der Waals surface area contributed by atoms with Crippen molar-refractivity contribution in [2.24, 2.45) is 0 Å². The van der Waals surface area contributed by atoms with Crippen LogP contribution in [-0.4, -0.2) is 68.3 Å². The second-order valence-electron chi connectivity index (χ2n) is 9.35. The summed E-state index contributed by atoms with van der Waals surface area (Å²) in [7, 11) is 0. The van der Waals surface area contributed by atoms with E-state index in [0.717, 1.165) is 37.6 Å². The maximum Gasteiger partial charge on any atom is 0.234 e. The maximum atomic E-state index is 12.1.